The molecule has 4 nitrogen and oxygen atoms in total. The zero-order valence-electron chi connectivity index (χ0n) is 9.94. The van der Waals surface area contributed by atoms with Crippen LogP contribution in [-0.4, -0.2) is 29.8 Å². The fourth-order valence-corrected chi connectivity index (χ4v) is 1.39. The average molecular weight is 224 g/mol. The summed E-state index contributed by atoms with van der Waals surface area (Å²) in [6.07, 6.45) is 2.53. The summed E-state index contributed by atoms with van der Waals surface area (Å²) in [4.78, 5) is 4.23. The van der Waals surface area contributed by atoms with E-state index in [0.717, 1.165) is 24.5 Å². The SMILES string of the molecule is CCOc1cccnc1NCC(C)CCO. The van der Waals surface area contributed by atoms with E-state index in [0.29, 0.717) is 12.5 Å². The Morgan fingerprint density at radius 2 is 2.38 bits per heavy atom. The summed E-state index contributed by atoms with van der Waals surface area (Å²) in [6, 6.07) is 3.75. The summed E-state index contributed by atoms with van der Waals surface area (Å²) in [5.41, 5.74) is 0. The van der Waals surface area contributed by atoms with Crippen molar-refractivity contribution in [1.29, 1.82) is 0 Å². The van der Waals surface area contributed by atoms with Crippen LogP contribution in [0.3, 0.4) is 0 Å². The largest absolute Gasteiger partial charge is 0.490 e. The number of rotatable bonds is 7. The lowest BCUT2D eigenvalue weighted by atomic mass is 10.1. The normalized spacial score (nSPS) is 12.2. The molecule has 0 amide bonds. The highest BCUT2D eigenvalue weighted by atomic mass is 16.5. The molecule has 0 spiro atoms. The van der Waals surface area contributed by atoms with E-state index in [9.17, 15) is 0 Å². The van der Waals surface area contributed by atoms with Crippen LogP contribution in [0.25, 0.3) is 0 Å². The van der Waals surface area contributed by atoms with E-state index in [1.807, 2.05) is 19.1 Å². The van der Waals surface area contributed by atoms with Gasteiger partial charge in [0.15, 0.2) is 11.6 Å². The van der Waals surface area contributed by atoms with Crippen molar-refractivity contribution in [2.45, 2.75) is 20.3 Å². The molecule has 1 heterocycles. The van der Waals surface area contributed by atoms with Crippen molar-refractivity contribution in [2.24, 2.45) is 5.92 Å². The van der Waals surface area contributed by atoms with E-state index < -0.39 is 0 Å². The lowest BCUT2D eigenvalue weighted by molar-refractivity contribution is 0.265. The second-order valence-corrected chi connectivity index (χ2v) is 3.78. The van der Waals surface area contributed by atoms with Gasteiger partial charge in [-0.15, -0.1) is 0 Å². The smallest absolute Gasteiger partial charge is 0.168 e. The van der Waals surface area contributed by atoms with Crippen LogP contribution in [0.2, 0.25) is 0 Å². The van der Waals surface area contributed by atoms with Gasteiger partial charge in [0.05, 0.1) is 6.61 Å². The number of aliphatic hydroxyl groups is 1. The molecule has 0 saturated carbocycles. The lowest BCUT2D eigenvalue weighted by Crippen LogP contribution is -2.14. The topological polar surface area (TPSA) is 54.4 Å². The minimum absolute atomic E-state index is 0.226. The molecule has 1 aromatic heterocycles. The summed E-state index contributed by atoms with van der Waals surface area (Å²) >= 11 is 0. The van der Waals surface area contributed by atoms with E-state index >= 15 is 0 Å². The van der Waals surface area contributed by atoms with Crippen molar-refractivity contribution in [2.75, 3.05) is 25.1 Å². The molecule has 0 bridgehead atoms. The van der Waals surface area contributed by atoms with Crippen LogP contribution in [0.4, 0.5) is 5.82 Å². The molecule has 0 aliphatic rings. The van der Waals surface area contributed by atoms with Crippen LogP contribution in [0.15, 0.2) is 18.3 Å². The van der Waals surface area contributed by atoms with Crippen LogP contribution in [0, 0.1) is 5.92 Å². The number of hydrogen-bond acceptors (Lipinski definition) is 4. The zero-order chi connectivity index (χ0) is 11.8. The third-order valence-electron chi connectivity index (χ3n) is 2.31. The molecule has 0 saturated heterocycles. The molecule has 0 aromatic carbocycles. The Morgan fingerprint density at radius 1 is 1.56 bits per heavy atom. The molecular weight excluding hydrogens is 204 g/mol. The molecule has 0 fully saturated rings. The van der Waals surface area contributed by atoms with Crippen LogP contribution < -0.4 is 10.1 Å². The number of pyridine rings is 1. The van der Waals surface area contributed by atoms with Gasteiger partial charge < -0.3 is 15.2 Å². The van der Waals surface area contributed by atoms with Crippen LogP contribution >= 0.6 is 0 Å². The van der Waals surface area contributed by atoms with Gasteiger partial charge in [-0.1, -0.05) is 6.92 Å². The van der Waals surface area contributed by atoms with Gasteiger partial charge in [0.1, 0.15) is 0 Å². The van der Waals surface area contributed by atoms with Gasteiger partial charge in [-0.25, -0.2) is 4.98 Å². The average Bonchev–Trinajstić information content (AvgIpc) is 2.29. The molecule has 90 valence electrons. The zero-order valence-corrected chi connectivity index (χ0v) is 9.94. The Kier molecular flexibility index (Phi) is 5.64. The summed E-state index contributed by atoms with van der Waals surface area (Å²) in [5, 5.41) is 12.0. The minimum atomic E-state index is 0.226. The first kappa shape index (κ1) is 12.8. The maximum atomic E-state index is 8.80. The van der Waals surface area contributed by atoms with Crippen LogP contribution in [0.5, 0.6) is 5.75 Å². The first-order valence-corrected chi connectivity index (χ1v) is 5.70. The lowest BCUT2D eigenvalue weighted by Gasteiger charge is -2.14. The number of aromatic nitrogens is 1. The molecule has 1 unspecified atom stereocenters. The van der Waals surface area contributed by atoms with Crippen molar-refractivity contribution < 1.29 is 9.84 Å². The Labute approximate surface area is 96.7 Å². The number of nitrogens with one attached hydrogen (secondary N) is 1. The Balaban J connectivity index is 2.52. The van der Waals surface area contributed by atoms with Crippen molar-refractivity contribution in [3.8, 4) is 5.75 Å². The van der Waals surface area contributed by atoms with Gasteiger partial charge in [-0.2, -0.15) is 0 Å². The molecule has 0 radical (unpaired) electrons. The summed E-state index contributed by atoms with van der Waals surface area (Å²) in [7, 11) is 0. The summed E-state index contributed by atoms with van der Waals surface area (Å²) in [6.45, 7) is 5.69. The Hall–Kier alpha value is -1.29. The van der Waals surface area contributed by atoms with E-state index in [-0.39, 0.29) is 6.61 Å². The van der Waals surface area contributed by atoms with Gasteiger partial charge in [0.2, 0.25) is 0 Å². The van der Waals surface area contributed by atoms with Crippen molar-refractivity contribution >= 4 is 5.82 Å². The first-order valence-electron chi connectivity index (χ1n) is 5.70. The quantitative estimate of drug-likeness (QED) is 0.743. The van der Waals surface area contributed by atoms with E-state index in [1.54, 1.807) is 6.20 Å². The third-order valence-corrected chi connectivity index (χ3v) is 2.31. The fourth-order valence-electron chi connectivity index (χ4n) is 1.39. The summed E-state index contributed by atoms with van der Waals surface area (Å²) < 4.78 is 5.45. The molecule has 1 atom stereocenters. The van der Waals surface area contributed by atoms with Gasteiger partial charge >= 0.3 is 0 Å². The highest BCUT2D eigenvalue weighted by molar-refractivity contribution is 5.49. The molecule has 1 rings (SSSR count). The number of nitrogens with zero attached hydrogens (tertiary/aromatic N) is 1. The maximum absolute atomic E-state index is 8.80. The minimum Gasteiger partial charge on any atom is -0.490 e. The standard InChI is InChI=1S/C12H20N2O2/c1-3-16-11-5-4-7-13-12(11)14-9-10(2)6-8-15/h4-5,7,10,15H,3,6,8-9H2,1-2H3,(H,13,14). The van der Waals surface area contributed by atoms with Gasteiger partial charge in [-0.05, 0) is 31.4 Å². The maximum Gasteiger partial charge on any atom is 0.168 e. The fraction of sp³-hybridized carbons (Fsp3) is 0.583. The molecule has 1 aromatic rings. The highest BCUT2D eigenvalue weighted by Crippen LogP contribution is 2.21. The number of hydrogen-bond donors (Lipinski definition) is 2. The van der Waals surface area contributed by atoms with E-state index in [4.69, 9.17) is 9.84 Å². The third kappa shape index (κ3) is 4.06. The predicted molar refractivity (Wildman–Crippen MR) is 64.8 cm³/mol. The van der Waals surface area contributed by atoms with Crippen LogP contribution in [-0.2, 0) is 0 Å². The highest BCUT2D eigenvalue weighted by Gasteiger charge is 2.05. The number of anilines is 1. The summed E-state index contributed by atoms with van der Waals surface area (Å²) in [5.74, 6) is 1.97. The Morgan fingerprint density at radius 3 is 3.06 bits per heavy atom. The Bertz CT molecular complexity index is 305. The van der Waals surface area contributed by atoms with Gasteiger partial charge in [-0.3, -0.25) is 0 Å². The molecule has 2 N–H and O–H groups in total. The van der Waals surface area contributed by atoms with Gasteiger partial charge in [0.25, 0.3) is 0 Å². The van der Waals surface area contributed by atoms with Gasteiger partial charge in [0, 0.05) is 19.3 Å². The van der Waals surface area contributed by atoms with Crippen molar-refractivity contribution in [1.82, 2.24) is 4.98 Å². The molecule has 16 heavy (non-hydrogen) atoms. The number of aliphatic hydroxyl groups excluding tert-OH is 1. The second kappa shape index (κ2) is 7.06. The van der Waals surface area contributed by atoms with Crippen molar-refractivity contribution in [3.05, 3.63) is 18.3 Å². The molecule has 0 aliphatic carbocycles. The predicted octanol–water partition coefficient (Wildman–Crippen LogP) is 1.91. The first-order chi connectivity index (χ1) is 7.77. The van der Waals surface area contributed by atoms with Crippen molar-refractivity contribution in [3.63, 3.8) is 0 Å². The molecule has 0 aliphatic heterocycles. The monoisotopic (exact) mass is 224 g/mol. The van der Waals surface area contributed by atoms with Crippen LogP contribution in [0.1, 0.15) is 20.3 Å². The molecular formula is C12H20N2O2. The van der Waals surface area contributed by atoms with E-state index in [2.05, 4.69) is 17.2 Å². The number of ether oxygens (including phenoxy) is 1. The van der Waals surface area contributed by atoms with E-state index in [1.165, 1.54) is 0 Å². The second-order valence-electron chi connectivity index (χ2n) is 3.78. The molecule has 4 heteroatoms.